The lowest BCUT2D eigenvalue weighted by molar-refractivity contribution is -0.0515. The number of hydrogen-bond donors (Lipinski definition) is 0. The first-order valence-electron chi connectivity index (χ1n) is 7.78. The van der Waals surface area contributed by atoms with E-state index in [-0.39, 0.29) is 23.9 Å². The van der Waals surface area contributed by atoms with Crippen LogP contribution in [0.25, 0.3) is 6.08 Å². The number of fused-ring (bicyclic) bond motifs is 1. The topological polar surface area (TPSA) is 44.8 Å². The van der Waals surface area contributed by atoms with Gasteiger partial charge >= 0.3 is 6.61 Å². The van der Waals surface area contributed by atoms with E-state index in [1.807, 2.05) is 0 Å². The van der Waals surface area contributed by atoms with Crippen molar-refractivity contribution in [2.45, 2.75) is 13.5 Å². The van der Waals surface area contributed by atoms with E-state index < -0.39 is 6.61 Å². The van der Waals surface area contributed by atoms with E-state index in [9.17, 15) is 13.6 Å². The lowest BCUT2D eigenvalue weighted by Gasteiger charge is -2.19. The van der Waals surface area contributed by atoms with Crippen molar-refractivity contribution in [3.63, 3.8) is 0 Å². The van der Waals surface area contributed by atoms with Crippen LogP contribution in [0.1, 0.15) is 22.8 Å². The molecule has 0 N–H and O–H groups in total. The Bertz CT molecular complexity index is 815. The lowest BCUT2D eigenvalue weighted by atomic mass is 9.98. The summed E-state index contributed by atoms with van der Waals surface area (Å²) in [5.74, 6) is 0.406. The summed E-state index contributed by atoms with van der Waals surface area (Å²) in [4.78, 5) is 12.6. The molecule has 2 aromatic carbocycles. The van der Waals surface area contributed by atoms with Gasteiger partial charge in [0.2, 0.25) is 0 Å². The zero-order chi connectivity index (χ0) is 17.8. The molecule has 6 heteroatoms. The molecule has 0 saturated carbocycles. The number of rotatable bonds is 5. The third-order valence-corrected chi connectivity index (χ3v) is 3.65. The molecule has 130 valence electrons. The summed E-state index contributed by atoms with van der Waals surface area (Å²) in [5.41, 5.74) is 1.13. The van der Waals surface area contributed by atoms with E-state index in [2.05, 4.69) is 4.74 Å². The highest BCUT2D eigenvalue weighted by atomic mass is 19.3. The summed E-state index contributed by atoms with van der Waals surface area (Å²) in [5, 5.41) is 0. The van der Waals surface area contributed by atoms with E-state index >= 15 is 0 Å². The second kappa shape index (κ2) is 7.34. The van der Waals surface area contributed by atoms with Crippen molar-refractivity contribution in [3.05, 3.63) is 59.2 Å². The van der Waals surface area contributed by atoms with Gasteiger partial charge in [-0.2, -0.15) is 8.78 Å². The van der Waals surface area contributed by atoms with E-state index in [0.717, 1.165) is 0 Å². The van der Waals surface area contributed by atoms with Crippen LogP contribution in [0.5, 0.6) is 17.2 Å². The Morgan fingerprint density at radius 3 is 2.76 bits per heavy atom. The van der Waals surface area contributed by atoms with Crippen molar-refractivity contribution >= 4 is 11.9 Å². The first kappa shape index (κ1) is 17.0. The predicted octanol–water partition coefficient (Wildman–Crippen LogP) is 4.35. The molecule has 0 spiro atoms. The lowest BCUT2D eigenvalue weighted by Crippen LogP contribution is -2.19. The molecule has 1 heterocycles. The number of hydrogen-bond acceptors (Lipinski definition) is 4. The van der Waals surface area contributed by atoms with E-state index in [4.69, 9.17) is 9.47 Å². The van der Waals surface area contributed by atoms with Crippen molar-refractivity contribution in [1.29, 1.82) is 0 Å². The quantitative estimate of drug-likeness (QED) is 0.755. The van der Waals surface area contributed by atoms with Crippen LogP contribution in [-0.2, 0) is 0 Å². The number of benzene rings is 2. The molecule has 0 aliphatic carbocycles. The maximum Gasteiger partial charge on any atom is 0.387 e. The number of para-hydroxylation sites is 2. The van der Waals surface area contributed by atoms with Crippen molar-refractivity contribution in [1.82, 2.24) is 0 Å². The van der Waals surface area contributed by atoms with Crippen LogP contribution in [0.15, 0.2) is 48.0 Å². The molecule has 0 atom stereocenters. The molecular formula is C19H16F2O4. The van der Waals surface area contributed by atoms with Crippen LogP contribution in [-0.4, -0.2) is 25.6 Å². The maximum atomic E-state index is 12.8. The van der Waals surface area contributed by atoms with Crippen molar-refractivity contribution in [2.24, 2.45) is 0 Å². The van der Waals surface area contributed by atoms with Crippen molar-refractivity contribution in [3.8, 4) is 17.2 Å². The number of alkyl halides is 2. The summed E-state index contributed by atoms with van der Waals surface area (Å²) >= 11 is 0. The normalized spacial score (nSPS) is 15.0. The van der Waals surface area contributed by atoms with Crippen LogP contribution < -0.4 is 14.2 Å². The van der Waals surface area contributed by atoms with Gasteiger partial charge in [-0.05, 0) is 31.2 Å². The highest BCUT2D eigenvalue weighted by Crippen LogP contribution is 2.35. The minimum atomic E-state index is -3.00. The monoisotopic (exact) mass is 346 g/mol. The van der Waals surface area contributed by atoms with Gasteiger partial charge in [0, 0.05) is 11.1 Å². The van der Waals surface area contributed by atoms with Crippen LogP contribution in [0.3, 0.4) is 0 Å². The molecular weight excluding hydrogens is 330 g/mol. The number of carbonyl (C=O) groups is 1. The maximum absolute atomic E-state index is 12.8. The molecule has 1 aliphatic rings. The zero-order valence-electron chi connectivity index (χ0n) is 13.5. The van der Waals surface area contributed by atoms with Gasteiger partial charge in [0.25, 0.3) is 0 Å². The molecule has 0 radical (unpaired) electrons. The molecule has 4 nitrogen and oxygen atoms in total. The number of ether oxygens (including phenoxy) is 3. The molecule has 25 heavy (non-hydrogen) atoms. The Hall–Kier alpha value is -2.89. The number of ketones is 1. The Kier molecular flexibility index (Phi) is 4.97. The van der Waals surface area contributed by atoms with Gasteiger partial charge < -0.3 is 14.2 Å². The summed E-state index contributed by atoms with van der Waals surface area (Å²) in [6.45, 7) is -0.900. The van der Waals surface area contributed by atoms with Crippen LogP contribution in [0.4, 0.5) is 8.78 Å². The summed E-state index contributed by atoms with van der Waals surface area (Å²) in [6.07, 6.45) is 1.50. The van der Waals surface area contributed by atoms with Gasteiger partial charge in [0.15, 0.2) is 17.3 Å². The van der Waals surface area contributed by atoms with Gasteiger partial charge in [-0.25, -0.2) is 0 Å². The average Bonchev–Trinajstić information content (AvgIpc) is 2.60. The van der Waals surface area contributed by atoms with Gasteiger partial charge in [0.05, 0.1) is 12.2 Å². The van der Waals surface area contributed by atoms with Gasteiger partial charge in [-0.15, -0.1) is 0 Å². The molecule has 0 bridgehead atoms. The van der Waals surface area contributed by atoms with Crippen LogP contribution in [0.2, 0.25) is 0 Å². The molecule has 0 unspecified atom stereocenters. The Morgan fingerprint density at radius 1 is 1.20 bits per heavy atom. The molecule has 1 aliphatic heterocycles. The van der Waals surface area contributed by atoms with E-state index in [1.54, 1.807) is 43.3 Å². The molecule has 0 saturated heterocycles. The first-order chi connectivity index (χ1) is 12.1. The first-order valence-corrected chi connectivity index (χ1v) is 7.78. The van der Waals surface area contributed by atoms with Crippen LogP contribution in [0, 0.1) is 0 Å². The number of halogens is 2. The standard InChI is InChI=1S/C19H16F2O4/c1-2-23-16-9-5-6-12(18(16)25-19(20)21)10-13-11-24-15-8-4-3-7-14(15)17(13)22/h3-10,19H,2,11H2,1H3/b13-10+. The third-order valence-electron chi connectivity index (χ3n) is 3.65. The smallest absolute Gasteiger partial charge is 0.387 e. The SMILES string of the molecule is CCOc1cccc(/C=C2\COc3ccccc3C2=O)c1OC(F)F. The zero-order valence-corrected chi connectivity index (χ0v) is 13.5. The Morgan fingerprint density at radius 2 is 2.00 bits per heavy atom. The van der Waals surface area contributed by atoms with Gasteiger partial charge in [-0.3, -0.25) is 4.79 Å². The Balaban J connectivity index is 2.01. The number of carbonyl (C=O) groups excluding carboxylic acids is 1. The molecule has 3 rings (SSSR count). The van der Waals surface area contributed by atoms with Crippen LogP contribution >= 0.6 is 0 Å². The second-order valence-electron chi connectivity index (χ2n) is 5.27. The largest absolute Gasteiger partial charge is 0.490 e. The van der Waals surface area contributed by atoms with Gasteiger partial charge in [0.1, 0.15) is 12.4 Å². The minimum absolute atomic E-state index is 0.0584. The fourth-order valence-corrected chi connectivity index (χ4v) is 2.60. The van der Waals surface area contributed by atoms with Gasteiger partial charge in [-0.1, -0.05) is 24.3 Å². The molecule has 2 aromatic rings. The predicted molar refractivity (Wildman–Crippen MR) is 88.5 cm³/mol. The molecule has 0 amide bonds. The Labute approximate surface area is 143 Å². The highest BCUT2D eigenvalue weighted by Gasteiger charge is 2.24. The average molecular weight is 346 g/mol. The minimum Gasteiger partial charge on any atom is -0.490 e. The number of Topliss-reactive ketones (excluding diaryl/α,β-unsaturated/α-hetero) is 1. The van der Waals surface area contributed by atoms with E-state index in [1.165, 1.54) is 12.1 Å². The molecule has 0 aromatic heterocycles. The summed E-state index contributed by atoms with van der Waals surface area (Å²) in [7, 11) is 0. The summed E-state index contributed by atoms with van der Waals surface area (Å²) in [6, 6.07) is 11.7. The third kappa shape index (κ3) is 3.63. The highest BCUT2D eigenvalue weighted by molar-refractivity contribution is 6.14. The van der Waals surface area contributed by atoms with Crippen molar-refractivity contribution < 1.29 is 27.8 Å². The fourth-order valence-electron chi connectivity index (χ4n) is 2.60. The van der Waals surface area contributed by atoms with E-state index in [0.29, 0.717) is 29.1 Å². The fraction of sp³-hybridized carbons (Fsp3) is 0.211. The summed E-state index contributed by atoms with van der Waals surface area (Å²) < 4.78 is 41.1. The second-order valence-corrected chi connectivity index (χ2v) is 5.27. The molecule has 0 fully saturated rings. The van der Waals surface area contributed by atoms with Crippen molar-refractivity contribution in [2.75, 3.05) is 13.2 Å².